The van der Waals surface area contributed by atoms with Gasteiger partial charge in [-0.05, 0) is 47.2 Å². The largest absolute Gasteiger partial charge is 0.388 e. The Labute approximate surface area is 254 Å². The first-order valence-electron chi connectivity index (χ1n) is 14.9. The van der Waals surface area contributed by atoms with E-state index in [0.717, 1.165) is 44.1 Å². The number of aromatic nitrogens is 4. The second-order valence-corrected chi connectivity index (χ2v) is 11.6. The van der Waals surface area contributed by atoms with Crippen LogP contribution in [0, 0.1) is 0 Å². The first-order valence-corrected chi connectivity index (χ1v) is 14.9. The number of amides is 2. The van der Waals surface area contributed by atoms with E-state index in [9.17, 15) is 15.0 Å². The van der Waals surface area contributed by atoms with Gasteiger partial charge in [0.05, 0.1) is 35.5 Å². The summed E-state index contributed by atoms with van der Waals surface area (Å²) in [5.41, 5.74) is 5.49. The molecular weight excluding hydrogens is 552 g/mol. The average Bonchev–Trinajstić information content (AvgIpc) is 3.72. The van der Waals surface area contributed by atoms with Crippen LogP contribution in [0.25, 0.3) is 21.8 Å². The van der Waals surface area contributed by atoms with Crippen molar-refractivity contribution in [3.8, 4) is 0 Å². The topological polar surface area (TPSA) is 121 Å². The zero-order valence-electron chi connectivity index (χ0n) is 24.1. The molecule has 4 N–H and O–H groups in total. The third-order valence-corrected chi connectivity index (χ3v) is 8.72. The van der Waals surface area contributed by atoms with E-state index in [-0.39, 0.29) is 19.1 Å². The van der Waals surface area contributed by atoms with Crippen molar-refractivity contribution in [1.82, 2.24) is 30.2 Å². The number of hydrogen-bond donors (Lipinski definition) is 4. The Morgan fingerprint density at radius 3 is 1.45 bits per heavy atom. The lowest BCUT2D eigenvalue weighted by atomic mass is 9.91. The number of hydrogen-bond acceptors (Lipinski definition) is 5. The molecule has 4 atom stereocenters. The first-order chi connectivity index (χ1) is 21.5. The Balaban J connectivity index is 1.31. The summed E-state index contributed by atoms with van der Waals surface area (Å²) in [5, 5.41) is 40.1. The number of carbonyl (C=O) groups excluding carboxylic acids is 1. The molecule has 9 heteroatoms. The molecule has 2 amide bonds. The Bertz CT molecular complexity index is 1740. The summed E-state index contributed by atoms with van der Waals surface area (Å²) in [7, 11) is 0. The summed E-state index contributed by atoms with van der Waals surface area (Å²) < 4.78 is 0. The van der Waals surface area contributed by atoms with Crippen LogP contribution in [0.1, 0.15) is 22.3 Å². The lowest BCUT2D eigenvalue weighted by molar-refractivity contribution is -0.0408. The number of H-pyrrole nitrogens is 2. The van der Waals surface area contributed by atoms with Crippen LogP contribution in [-0.4, -0.2) is 70.7 Å². The van der Waals surface area contributed by atoms with Gasteiger partial charge in [0.1, 0.15) is 12.2 Å². The van der Waals surface area contributed by atoms with Crippen molar-refractivity contribution >= 4 is 27.8 Å². The highest BCUT2D eigenvalue weighted by Crippen LogP contribution is 2.30. The number of aliphatic hydroxyl groups excluding tert-OH is 2. The van der Waals surface area contributed by atoms with Crippen LogP contribution in [0.5, 0.6) is 0 Å². The molecule has 0 unspecified atom stereocenters. The molecule has 222 valence electrons. The number of benzene rings is 4. The van der Waals surface area contributed by atoms with Gasteiger partial charge in [-0.1, -0.05) is 84.9 Å². The van der Waals surface area contributed by atoms with Crippen LogP contribution in [0.3, 0.4) is 0 Å². The highest BCUT2D eigenvalue weighted by molar-refractivity contribution is 5.80. The van der Waals surface area contributed by atoms with Crippen molar-refractivity contribution in [3.05, 3.63) is 132 Å². The standard InChI is InChI=1S/C35H34N6O3/c42-33-31(17-23-7-3-1-4-8-23)40(21-25-11-13-27-19-36-38-29(27)15-25)35(44)41(22-26-12-14-28-20-37-39-30(28)16-26)32(34(33)43)18-24-9-5-2-6-10-24/h1-16,19-20,31-34,42-43H,17-18,21-22H2,(H,36,38)(H,37,39)/t31-,32-,33+,34+/m1/s1. The average molecular weight is 587 g/mol. The van der Waals surface area contributed by atoms with Gasteiger partial charge in [-0.15, -0.1) is 0 Å². The monoisotopic (exact) mass is 586 g/mol. The number of nitrogens with zero attached hydrogens (tertiary/aromatic N) is 4. The van der Waals surface area contributed by atoms with Crippen LogP contribution in [-0.2, 0) is 25.9 Å². The minimum absolute atomic E-state index is 0.239. The van der Waals surface area contributed by atoms with Crippen molar-refractivity contribution in [2.75, 3.05) is 0 Å². The molecule has 7 rings (SSSR count). The van der Waals surface area contributed by atoms with Crippen LogP contribution in [0.4, 0.5) is 4.79 Å². The molecule has 3 heterocycles. The van der Waals surface area contributed by atoms with Crippen LogP contribution < -0.4 is 0 Å². The molecule has 0 aliphatic carbocycles. The highest BCUT2D eigenvalue weighted by atomic mass is 16.3. The fraction of sp³-hybridized carbons (Fsp3) is 0.229. The highest BCUT2D eigenvalue weighted by Gasteiger charge is 2.46. The number of urea groups is 1. The van der Waals surface area contributed by atoms with Gasteiger partial charge in [0, 0.05) is 23.9 Å². The smallest absolute Gasteiger partial charge is 0.321 e. The zero-order valence-corrected chi connectivity index (χ0v) is 24.1. The lowest BCUT2D eigenvalue weighted by Crippen LogP contribution is -2.50. The van der Waals surface area contributed by atoms with Gasteiger partial charge in [-0.3, -0.25) is 10.2 Å². The Morgan fingerprint density at radius 2 is 1.02 bits per heavy atom. The summed E-state index contributed by atoms with van der Waals surface area (Å²) in [5.74, 6) is 0. The molecule has 1 saturated heterocycles. The molecule has 4 aromatic carbocycles. The fourth-order valence-electron chi connectivity index (χ4n) is 6.37. The molecule has 44 heavy (non-hydrogen) atoms. The van der Waals surface area contributed by atoms with Gasteiger partial charge >= 0.3 is 6.03 Å². The third-order valence-electron chi connectivity index (χ3n) is 8.72. The van der Waals surface area contributed by atoms with E-state index in [1.165, 1.54) is 0 Å². The number of aromatic amines is 2. The molecule has 9 nitrogen and oxygen atoms in total. The summed E-state index contributed by atoms with van der Waals surface area (Å²) >= 11 is 0. The SMILES string of the molecule is O=C1N(Cc2ccc3cn[nH]c3c2)[C@H](Cc2ccccc2)[C@H](O)[C@@H](O)[C@@H](Cc2ccccc2)N1Cc1ccc2cn[nH]c2c1. The predicted molar refractivity (Wildman–Crippen MR) is 169 cm³/mol. The van der Waals surface area contributed by atoms with Crippen molar-refractivity contribution in [3.63, 3.8) is 0 Å². The lowest BCUT2D eigenvalue weighted by Gasteiger charge is -2.36. The Morgan fingerprint density at radius 1 is 0.591 bits per heavy atom. The molecule has 1 fully saturated rings. The normalized spacial score (nSPS) is 20.8. The van der Waals surface area contributed by atoms with E-state index in [1.54, 1.807) is 22.2 Å². The summed E-state index contributed by atoms with van der Waals surface area (Å²) in [4.78, 5) is 18.3. The second-order valence-electron chi connectivity index (χ2n) is 11.6. The maximum Gasteiger partial charge on any atom is 0.321 e. The zero-order chi connectivity index (χ0) is 30.0. The molecular formula is C35H34N6O3. The molecule has 2 aromatic heterocycles. The number of fused-ring (bicyclic) bond motifs is 2. The van der Waals surface area contributed by atoms with E-state index in [4.69, 9.17) is 0 Å². The van der Waals surface area contributed by atoms with E-state index in [2.05, 4.69) is 20.4 Å². The van der Waals surface area contributed by atoms with Crippen molar-refractivity contribution < 1.29 is 15.0 Å². The van der Waals surface area contributed by atoms with Crippen molar-refractivity contribution in [1.29, 1.82) is 0 Å². The second kappa shape index (κ2) is 11.9. The van der Waals surface area contributed by atoms with Crippen LogP contribution in [0.2, 0.25) is 0 Å². The molecule has 0 saturated carbocycles. The summed E-state index contributed by atoms with van der Waals surface area (Å²) in [6.45, 7) is 0.506. The Kier molecular flexibility index (Phi) is 7.55. The fourth-order valence-corrected chi connectivity index (χ4v) is 6.37. The molecule has 6 aromatic rings. The molecule has 0 spiro atoms. The molecule has 0 radical (unpaired) electrons. The number of carbonyl (C=O) groups is 1. The van der Waals surface area contributed by atoms with Gasteiger partial charge in [0.25, 0.3) is 0 Å². The third kappa shape index (κ3) is 5.55. The molecule has 1 aliphatic rings. The van der Waals surface area contributed by atoms with Gasteiger partial charge in [0.2, 0.25) is 0 Å². The number of rotatable bonds is 8. The van der Waals surface area contributed by atoms with E-state index >= 15 is 0 Å². The van der Waals surface area contributed by atoms with Gasteiger partial charge < -0.3 is 20.0 Å². The van der Waals surface area contributed by atoms with Crippen LogP contribution in [0.15, 0.2) is 109 Å². The van der Waals surface area contributed by atoms with Crippen molar-refractivity contribution in [2.24, 2.45) is 0 Å². The van der Waals surface area contributed by atoms with E-state index < -0.39 is 24.3 Å². The van der Waals surface area contributed by atoms with Gasteiger partial charge in [0.15, 0.2) is 0 Å². The maximum atomic E-state index is 14.9. The Hall–Kier alpha value is -4.99. The van der Waals surface area contributed by atoms with E-state index in [0.29, 0.717) is 12.8 Å². The quantitative estimate of drug-likeness (QED) is 0.204. The minimum atomic E-state index is -1.19. The van der Waals surface area contributed by atoms with Gasteiger partial charge in [-0.2, -0.15) is 10.2 Å². The van der Waals surface area contributed by atoms with Crippen LogP contribution >= 0.6 is 0 Å². The minimum Gasteiger partial charge on any atom is -0.388 e. The van der Waals surface area contributed by atoms with Gasteiger partial charge in [-0.25, -0.2) is 4.79 Å². The number of nitrogens with one attached hydrogen (secondary N) is 2. The first kappa shape index (κ1) is 27.8. The summed E-state index contributed by atoms with van der Waals surface area (Å²) in [6.07, 6.45) is 1.93. The number of aliphatic hydroxyl groups is 2. The maximum absolute atomic E-state index is 14.9. The molecule has 0 bridgehead atoms. The van der Waals surface area contributed by atoms with E-state index in [1.807, 2.05) is 97.1 Å². The van der Waals surface area contributed by atoms with Crippen molar-refractivity contribution in [2.45, 2.75) is 50.2 Å². The predicted octanol–water partition coefficient (Wildman–Crippen LogP) is 4.82. The molecule has 1 aliphatic heterocycles. The summed E-state index contributed by atoms with van der Waals surface area (Å²) in [6, 6.07) is 29.9.